The predicted octanol–water partition coefficient (Wildman–Crippen LogP) is 0.344. The third kappa shape index (κ3) is 3.80. The van der Waals surface area contributed by atoms with E-state index in [2.05, 4.69) is 11.9 Å². The van der Waals surface area contributed by atoms with Gasteiger partial charge in [-0.05, 0) is 32.7 Å². The summed E-state index contributed by atoms with van der Waals surface area (Å²) in [6.45, 7) is 7.49. The second-order valence-electron chi connectivity index (χ2n) is 5.37. The normalized spacial score (nSPS) is 28.3. The van der Waals surface area contributed by atoms with E-state index in [-0.39, 0.29) is 23.7 Å². The fourth-order valence-corrected chi connectivity index (χ4v) is 2.32. The van der Waals surface area contributed by atoms with Crippen molar-refractivity contribution in [2.24, 2.45) is 5.73 Å². The van der Waals surface area contributed by atoms with Crippen LogP contribution in [0, 0.1) is 0 Å². The van der Waals surface area contributed by atoms with Gasteiger partial charge in [0, 0.05) is 11.1 Å². The maximum Gasteiger partial charge on any atom is 0.246 e. The summed E-state index contributed by atoms with van der Waals surface area (Å²) in [5.41, 5.74) is 5.91. The molecule has 2 aliphatic heterocycles. The molecule has 0 spiro atoms. The molecule has 18 heavy (non-hydrogen) atoms. The molecule has 2 heterocycles. The van der Waals surface area contributed by atoms with E-state index >= 15 is 0 Å². The lowest BCUT2D eigenvalue weighted by Crippen LogP contribution is -2.51. The van der Waals surface area contributed by atoms with E-state index in [0.29, 0.717) is 12.1 Å². The lowest BCUT2D eigenvalue weighted by Gasteiger charge is -2.34. The molecular formula is C13H22N2O3. The highest BCUT2D eigenvalue weighted by molar-refractivity contribution is 5.92. The summed E-state index contributed by atoms with van der Waals surface area (Å²) >= 11 is 0. The molecule has 1 amide bonds. The van der Waals surface area contributed by atoms with Crippen molar-refractivity contribution in [2.45, 2.75) is 43.9 Å². The quantitative estimate of drug-likeness (QED) is 0.483. The number of rotatable bonds is 8. The number of hydrogen-bond acceptors (Lipinski definition) is 4. The summed E-state index contributed by atoms with van der Waals surface area (Å²) in [6, 6.07) is 0. The highest BCUT2D eigenvalue weighted by Crippen LogP contribution is 2.33. The number of carbonyl (C=O) groups excluding carboxylic acids is 1. The molecule has 102 valence electrons. The van der Waals surface area contributed by atoms with Crippen molar-refractivity contribution >= 4 is 5.91 Å². The third-order valence-corrected chi connectivity index (χ3v) is 3.43. The van der Waals surface area contributed by atoms with Gasteiger partial charge in [0.15, 0.2) is 0 Å². The van der Waals surface area contributed by atoms with Crippen LogP contribution in [0.25, 0.3) is 0 Å². The molecule has 0 aromatic heterocycles. The molecule has 0 aliphatic carbocycles. The average Bonchev–Trinajstić information content (AvgIpc) is 3.15. The van der Waals surface area contributed by atoms with Crippen LogP contribution in [0.3, 0.4) is 0 Å². The molecule has 2 atom stereocenters. The van der Waals surface area contributed by atoms with Gasteiger partial charge in [-0.3, -0.25) is 4.79 Å². The summed E-state index contributed by atoms with van der Waals surface area (Å²) in [5.74, 6) is -0.107. The average molecular weight is 254 g/mol. The first kappa shape index (κ1) is 13.5. The van der Waals surface area contributed by atoms with Crippen LogP contribution >= 0.6 is 0 Å². The lowest BCUT2D eigenvalue weighted by atomic mass is 9.84. The van der Waals surface area contributed by atoms with E-state index in [1.807, 2.05) is 0 Å². The Labute approximate surface area is 108 Å². The summed E-state index contributed by atoms with van der Waals surface area (Å²) in [4.78, 5) is 11.9. The summed E-state index contributed by atoms with van der Waals surface area (Å²) < 4.78 is 10.6. The van der Waals surface area contributed by atoms with Crippen molar-refractivity contribution in [3.8, 4) is 0 Å². The van der Waals surface area contributed by atoms with Crippen LogP contribution in [0.1, 0.15) is 26.2 Å². The minimum atomic E-state index is -0.312. The number of hydrogen-bond donors (Lipinski definition) is 2. The Morgan fingerprint density at radius 3 is 2.22 bits per heavy atom. The summed E-state index contributed by atoms with van der Waals surface area (Å²) in [7, 11) is 0. The summed E-state index contributed by atoms with van der Waals surface area (Å²) in [5, 5.41) is 3.10. The third-order valence-electron chi connectivity index (χ3n) is 3.43. The molecule has 0 bridgehead atoms. The van der Waals surface area contributed by atoms with Gasteiger partial charge >= 0.3 is 0 Å². The van der Waals surface area contributed by atoms with Crippen LogP contribution < -0.4 is 11.1 Å². The number of carbonyl (C=O) groups is 1. The molecule has 2 fully saturated rings. The maximum absolute atomic E-state index is 11.9. The van der Waals surface area contributed by atoms with Crippen molar-refractivity contribution in [3.05, 3.63) is 12.2 Å². The van der Waals surface area contributed by atoms with Crippen LogP contribution in [0.15, 0.2) is 12.2 Å². The highest BCUT2D eigenvalue weighted by Gasteiger charge is 2.43. The van der Waals surface area contributed by atoms with Gasteiger partial charge in [-0.25, -0.2) is 0 Å². The zero-order chi connectivity index (χ0) is 13.2. The van der Waals surface area contributed by atoms with Crippen molar-refractivity contribution in [2.75, 3.05) is 19.8 Å². The largest absolute Gasteiger partial charge is 0.373 e. The minimum Gasteiger partial charge on any atom is -0.373 e. The predicted molar refractivity (Wildman–Crippen MR) is 68.1 cm³/mol. The number of nitrogens with one attached hydrogen (secondary N) is 1. The second kappa shape index (κ2) is 5.38. The van der Waals surface area contributed by atoms with Crippen molar-refractivity contribution in [3.63, 3.8) is 0 Å². The Morgan fingerprint density at radius 1 is 1.39 bits per heavy atom. The molecule has 5 heteroatoms. The van der Waals surface area contributed by atoms with Crippen LogP contribution in [0.2, 0.25) is 0 Å². The van der Waals surface area contributed by atoms with E-state index in [4.69, 9.17) is 15.2 Å². The zero-order valence-corrected chi connectivity index (χ0v) is 10.9. The Balaban J connectivity index is 2.04. The smallest absolute Gasteiger partial charge is 0.246 e. The monoisotopic (exact) mass is 254 g/mol. The van der Waals surface area contributed by atoms with Gasteiger partial charge in [-0.15, -0.1) is 0 Å². The Hall–Kier alpha value is -0.910. The van der Waals surface area contributed by atoms with Crippen LogP contribution in [0.5, 0.6) is 0 Å². The highest BCUT2D eigenvalue weighted by atomic mass is 16.6. The number of ether oxygens (including phenoxy) is 2. The molecule has 2 aliphatic rings. The van der Waals surface area contributed by atoms with E-state index in [9.17, 15) is 4.79 Å². The zero-order valence-electron chi connectivity index (χ0n) is 10.9. The van der Waals surface area contributed by atoms with Gasteiger partial charge in [0.1, 0.15) is 0 Å². The standard InChI is InChI=1S/C13H22N2O3/c1-9(2)12(16)15-13(3-4-14,5-10-7-17-10)6-11-8-18-11/h10-11H,1,3-8,14H2,2H3,(H,15,16). The summed E-state index contributed by atoms with van der Waals surface area (Å²) in [6.07, 6.45) is 2.86. The Kier molecular flexibility index (Phi) is 4.04. The first-order valence-corrected chi connectivity index (χ1v) is 6.46. The molecule has 2 saturated heterocycles. The van der Waals surface area contributed by atoms with Gasteiger partial charge in [-0.1, -0.05) is 6.58 Å². The maximum atomic E-state index is 11.9. The fourth-order valence-electron chi connectivity index (χ4n) is 2.32. The van der Waals surface area contributed by atoms with Gasteiger partial charge in [-0.2, -0.15) is 0 Å². The van der Waals surface area contributed by atoms with Gasteiger partial charge in [0.25, 0.3) is 0 Å². The number of amides is 1. The van der Waals surface area contributed by atoms with Gasteiger partial charge < -0.3 is 20.5 Å². The molecular weight excluding hydrogens is 232 g/mol. The van der Waals surface area contributed by atoms with E-state index in [1.165, 1.54) is 0 Å². The Bertz CT molecular complexity index is 321. The van der Waals surface area contributed by atoms with Gasteiger partial charge in [0.05, 0.1) is 25.4 Å². The Morgan fingerprint density at radius 2 is 1.89 bits per heavy atom. The number of epoxide rings is 2. The molecule has 0 aromatic carbocycles. The molecule has 0 saturated carbocycles. The van der Waals surface area contributed by atoms with Crippen molar-refractivity contribution in [1.29, 1.82) is 0 Å². The number of nitrogens with two attached hydrogens (primary N) is 1. The molecule has 5 nitrogen and oxygen atoms in total. The first-order chi connectivity index (χ1) is 8.54. The van der Waals surface area contributed by atoms with Crippen LogP contribution in [0.4, 0.5) is 0 Å². The van der Waals surface area contributed by atoms with E-state index in [1.54, 1.807) is 6.92 Å². The van der Waals surface area contributed by atoms with E-state index in [0.717, 1.165) is 32.5 Å². The molecule has 0 aromatic rings. The second-order valence-corrected chi connectivity index (χ2v) is 5.37. The van der Waals surface area contributed by atoms with E-state index < -0.39 is 0 Å². The van der Waals surface area contributed by atoms with Crippen molar-refractivity contribution in [1.82, 2.24) is 5.32 Å². The molecule has 0 radical (unpaired) electrons. The first-order valence-electron chi connectivity index (χ1n) is 6.46. The molecule has 2 rings (SSSR count). The van der Waals surface area contributed by atoms with Crippen LogP contribution in [-0.2, 0) is 14.3 Å². The van der Waals surface area contributed by atoms with Crippen molar-refractivity contribution < 1.29 is 14.3 Å². The van der Waals surface area contributed by atoms with Gasteiger partial charge in [0.2, 0.25) is 5.91 Å². The lowest BCUT2D eigenvalue weighted by molar-refractivity contribution is -0.119. The topological polar surface area (TPSA) is 80.2 Å². The minimum absolute atomic E-state index is 0.107. The molecule has 3 N–H and O–H groups in total. The fraction of sp³-hybridized carbons (Fsp3) is 0.769. The SMILES string of the molecule is C=C(C)C(=O)NC(CCN)(CC1CO1)CC1CO1. The van der Waals surface area contributed by atoms with Crippen LogP contribution in [-0.4, -0.2) is 43.4 Å². The molecule has 2 unspecified atom stereocenters.